The van der Waals surface area contributed by atoms with Crippen molar-refractivity contribution in [3.05, 3.63) is 41.1 Å². The normalized spacial score (nSPS) is 15.2. The second kappa shape index (κ2) is 9.04. The number of alkyl halides is 3. The van der Waals surface area contributed by atoms with Gasteiger partial charge in [0.15, 0.2) is 0 Å². The first-order chi connectivity index (χ1) is 13.8. The lowest BCUT2D eigenvalue weighted by atomic mass is 10.0. The number of anilines is 1. The van der Waals surface area contributed by atoms with E-state index in [1.807, 2.05) is 11.7 Å². The van der Waals surface area contributed by atoms with Crippen LogP contribution in [0.5, 0.6) is 5.75 Å². The number of nitrogens with zero attached hydrogens (tertiary/aromatic N) is 3. The van der Waals surface area contributed by atoms with E-state index >= 15 is 0 Å². The lowest BCUT2D eigenvalue weighted by Gasteiger charge is -2.29. The summed E-state index contributed by atoms with van der Waals surface area (Å²) < 4.78 is 49.4. The summed E-state index contributed by atoms with van der Waals surface area (Å²) in [5.74, 6) is 1.08. The van der Waals surface area contributed by atoms with Crippen LogP contribution in [0.4, 0.5) is 19.0 Å². The van der Waals surface area contributed by atoms with Gasteiger partial charge in [0.05, 0.1) is 18.9 Å². The summed E-state index contributed by atoms with van der Waals surface area (Å²) in [6.07, 6.45) is -4.71. The fraction of sp³-hybridized carbons (Fsp3) is 0.550. The number of halogens is 3. The lowest BCUT2D eigenvalue weighted by molar-refractivity contribution is -0.274. The molecule has 160 valence electrons. The molecule has 1 saturated heterocycles. The van der Waals surface area contributed by atoms with Gasteiger partial charge in [0, 0.05) is 44.4 Å². The number of morpholine rings is 1. The molecule has 9 heteroatoms. The van der Waals surface area contributed by atoms with Gasteiger partial charge in [-0.15, -0.1) is 13.2 Å². The van der Waals surface area contributed by atoms with Gasteiger partial charge in [0.2, 0.25) is 0 Å². The maximum Gasteiger partial charge on any atom is 0.573 e. The van der Waals surface area contributed by atoms with E-state index in [4.69, 9.17) is 9.84 Å². The first-order valence-corrected chi connectivity index (χ1v) is 9.69. The summed E-state index contributed by atoms with van der Waals surface area (Å²) in [5, 5.41) is 7.97. The van der Waals surface area contributed by atoms with Crippen LogP contribution in [0.3, 0.4) is 0 Å². The molecule has 1 aliphatic heterocycles. The zero-order valence-corrected chi connectivity index (χ0v) is 16.9. The average molecular weight is 412 g/mol. The molecular weight excluding hydrogens is 385 g/mol. The molecule has 0 amide bonds. The third-order valence-electron chi connectivity index (χ3n) is 4.82. The van der Waals surface area contributed by atoms with Crippen LogP contribution in [-0.4, -0.2) is 42.4 Å². The molecule has 0 bridgehead atoms. The second-order valence-electron chi connectivity index (χ2n) is 7.32. The molecule has 6 nitrogen and oxygen atoms in total. The van der Waals surface area contributed by atoms with Crippen molar-refractivity contribution in [1.29, 1.82) is 0 Å². The molecule has 0 atom stereocenters. The number of hydrogen-bond acceptors (Lipinski definition) is 5. The molecule has 2 heterocycles. The second-order valence-corrected chi connectivity index (χ2v) is 7.32. The number of aryl methyl sites for hydroxylation is 1. The van der Waals surface area contributed by atoms with Crippen LogP contribution in [0.1, 0.15) is 36.6 Å². The van der Waals surface area contributed by atoms with E-state index in [2.05, 4.69) is 28.8 Å². The Morgan fingerprint density at radius 1 is 1.17 bits per heavy atom. The first kappa shape index (κ1) is 21.4. The van der Waals surface area contributed by atoms with Gasteiger partial charge < -0.3 is 19.7 Å². The Balaban J connectivity index is 1.77. The highest BCUT2D eigenvalue weighted by atomic mass is 19.4. The number of rotatable bonds is 7. The molecule has 1 N–H and O–H groups in total. The van der Waals surface area contributed by atoms with Gasteiger partial charge in [-0.25, -0.2) is 0 Å². The Kier molecular flexibility index (Phi) is 6.69. The Labute approximate surface area is 168 Å². The molecule has 0 saturated carbocycles. The summed E-state index contributed by atoms with van der Waals surface area (Å²) in [5.41, 5.74) is 2.51. The van der Waals surface area contributed by atoms with Gasteiger partial charge >= 0.3 is 6.36 Å². The minimum Gasteiger partial charge on any atom is -0.405 e. The molecule has 2 aromatic rings. The highest BCUT2D eigenvalue weighted by Gasteiger charge is 2.32. The molecule has 1 aromatic heterocycles. The SMILES string of the molecule is CC(C)c1nn(C)c(N2CCOCC2)c1CNCc1ccccc1OC(F)(F)F. The summed E-state index contributed by atoms with van der Waals surface area (Å²) >= 11 is 0. The fourth-order valence-electron chi connectivity index (χ4n) is 3.58. The van der Waals surface area contributed by atoms with Gasteiger partial charge in [-0.1, -0.05) is 32.0 Å². The third-order valence-corrected chi connectivity index (χ3v) is 4.82. The number of aromatic nitrogens is 2. The fourth-order valence-corrected chi connectivity index (χ4v) is 3.58. The Hall–Kier alpha value is -2.26. The van der Waals surface area contributed by atoms with Crippen LogP contribution in [0.25, 0.3) is 0 Å². The molecule has 0 aliphatic carbocycles. The van der Waals surface area contributed by atoms with Crippen LogP contribution in [0.15, 0.2) is 24.3 Å². The molecule has 1 aromatic carbocycles. The third kappa shape index (κ3) is 5.42. The van der Waals surface area contributed by atoms with Crippen LogP contribution in [0, 0.1) is 0 Å². The summed E-state index contributed by atoms with van der Waals surface area (Å²) in [6, 6.07) is 6.18. The van der Waals surface area contributed by atoms with Crippen molar-refractivity contribution in [3.63, 3.8) is 0 Å². The Morgan fingerprint density at radius 2 is 1.86 bits per heavy atom. The highest BCUT2D eigenvalue weighted by molar-refractivity contribution is 5.51. The van der Waals surface area contributed by atoms with Crippen molar-refractivity contribution < 1.29 is 22.6 Å². The predicted octanol–water partition coefficient (Wildman–Crippen LogP) is 3.57. The van der Waals surface area contributed by atoms with Crippen LogP contribution in [-0.2, 0) is 24.9 Å². The quantitative estimate of drug-likeness (QED) is 0.754. The van der Waals surface area contributed by atoms with Crippen LogP contribution < -0.4 is 15.0 Å². The number of nitrogens with one attached hydrogen (secondary N) is 1. The summed E-state index contributed by atoms with van der Waals surface area (Å²) in [7, 11) is 1.92. The van der Waals surface area contributed by atoms with Gasteiger partial charge in [0.25, 0.3) is 0 Å². The molecule has 0 spiro atoms. The number of ether oxygens (including phenoxy) is 2. The lowest BCUT2D eigenvalue weighted by Crippen LogP contribution is -2.38. The largest absolute Gasteiger partial charge is 0.573 e. The van der Waals surface area contributed by atoms with E-state index in [1.165, 1.54) is 12.1 Å². The summed E-state index contributed by atoms with van der Waals surface area (Å²) in [6.45, 7) is 7.81. The van der Waals surface area contributed by atoms with E-state index in [0.717, 1.165) is 30.2 Å². The van der Waals surface area contributed by atoms with Crippen molar-refractivity contribution in [2.75, 3.05) is 31.2 Å². The number of para-hydroxylation sites is 1. The monoisotopic (exact) mass is 412 g/mol. The van der Waals surface area contributed by atoms with Crippen molar-refractivity contribution in [1.82, 2.24) is 15.1 Å². The van der Waals surface area contributed by atoms with Crippen LogP contribution >= 0.6 is 0 Å². The van der Waals surface area contributed by atoms with E-state index in [1.54, 1.807) is 12.1 Å². The van der Waals surface area contributed by atoms with E-state index in [0.29, 0.717) is 25.3 Å². The molecule has 3 rings (SSSR count). The van der Waals surface area contributed by atoms with Gasteiger partial charge in [-0.05, 0) is 12.0 Å². The first-order valence-electron chi connectivity index (χ1n) is 9.69. The maximum absolute atomic E-state index is 12.6. The number of benzene rings is 1. The van der Waals surface area contributed by atoms with Crippen molar-refractivity contribution in [3.8, 4) is 5.75 Å². The number of hydrogen-bond donors (Lipinski definition) is 1. The Morgan fingerprint density at radius 3 is 2.52 bits per heavy atom. The highest BCUT2D eigenvalue weighted by Crippen LogP contribution is 2.30. The van der Waals surface area contributed by atoms with Gasteiger partial charge in [-0.2, -0.15) is 5.10 Å². The van der Waals surface area contributed by atoms with E-state index < -0.39 is 6.36 Å². The topological polar surface area (TPSA) is 51.5 Å². The van der Waals surface area contributed by atoms with Gasteiger partial charge in [0.1, 0.15) is 11.6 Å². The van der Waals surface area contributed by atoms with Crippen molar-refractivity contribution in [2.45, 2.75) is 39.2 Å². The zero-order valence-electron chi connectivity index (χ0n) is 16.9. The Bertz CT molecular complexity index is 815. The minimum atomic E-state index is -4.71. The molecule has 29 heavy (non-hydrogen) atoms. The maximum atomic E-state index is 12.6. The zero-order chi connectivity index (χ0) is 21.0. The average Bonchev–Trinajstić information content (AvgIpc) is 2.99. The smallest absolute Gasteiger partial charge is 0.405 e. The molecule has 1 aliphatic rings. The van der Waals surface area contributed by atoms with Gasteiger partial charge in [-0.3, -0.25) is 4.68 Å². The standard InChI is InChI=1S/C20H27F3N4O2/c1-14(2)18-16(19(26(3)25-18)27-8-10-28-11-9-27)13-24-12-15-6-4-5-7-17(15)29-20(21,22)23/h4-7,14,24H,8-13H2,1-3H3. The minimum absolute atomic E-state index is 0.184. The molecular formula is C20H27F3N4O2. The molecule has 0 radical (unpaired) electrons. The predicted molar refractivity (Wildman–Crippen MR) is 104 cm³/mol. The van der Waals surface area contributed by atoms with Crippen molar-refractivity contribution in [2.24, 2.45) is 7.05 Å². The van der Waals surface area contributed by atoms with Crippen LogP contribution in [0.2, 0.25) is 0 Å². The molecule has 0 unspecified atom stereocenters. The van der Waals surface area contributed by atoms with Crippen molar-refractivity contribution >= 4 is 5.82 Å². The molecule has 1 fully saturated rings. The van der Waals surface area contributed by atoms with E-state index in [-0.39, 0.29) is 18.2 Å². The van der Waals surface area contributed by atoms with E-state index in [9.17, 15) is 13.2 Å². The summed E-state index contributed by atoms with van der Waals surface area (Å²) in [4.78, 5) is 2.25.